The van der Waals surface area contributed by atoms with Crippen LogP contribution < -0.4 is 10.6 Å². The fraction of sp³-hybridized carbons (Fsp3) is 0.0952. The molecule has 3 aromatic rings. The number of anilines is 2. The fourth-order valence-corrected chi connectivity index (χ4v) is 2.67. The van der Waals surface area contributed by atoms with Gasteiger partial charge in [0.05, 0.1) is 29.1 Å². The number of pyridine rings is 1. The minimum Gasteiger partial charge on any atom is -0.354 e. The summed E-state index contributed by atoms with van der Waals surface area (Å²) in [5, 5.41) is 15.7. The van der Waals surface area contributed by atoms with Gasteiger partial charge in [-0.05, 0) is 48.4 Å². The van der Waals surface area contributed by atoms with Crippen molar-refractivity contribution in [2.45, 2.75) is 6.42 Å². The van der Waals surface area contributed by atoms with Crippen LogP contribution in [0.4, 0.5) is 11.4 Å². The van der Waals surface area contributed by atoms with Gasteiger partial charge < -0.3 is 10.6 Å². The summed E-state index contributed by atoms with van der Waals surface area (Å²) in [6.07, 6.45) is 3.87. The summed E-state index contributed by atoms with van der Waals surface area (Å²) in [5.74, 6) is -0.189. The molecule has 0 aliphatic heterocycles. The first-order valence-electron chi connectivity index (χ1n) is 8.39. The number of aromatic nitrogens is 1. The zero-order chi connectivity index (χ0) is 19.1. The Morgan fingerprint density at radius 2 is 1.89 bits per heavy atom. The maximum atomic E-state index is 12.4. The van der Waals surface area contributed by atoms with Gasteiger partial charge in [-0.25, -0.2) is 0 Å². The van der Waals surface area contributed by atoms with Crippen LogP contribution in [0.25, 0.3) is 0 Å². The van der Waals surface area contributed by atoms with E-state index in [4.69, 9.17) is 16.9 Å². The first kappa shape index (κ1) is 18.4. The van der Waals surface area contributed by atoms with E-state index in [-0.39, 0.29) is 5.91 Å². The second kappa shape index (κ2) is 8.84. The summed E-state index contributed by atoms with van der Waals surface area (Å²) in [6.45, 7) is 0.516. The Morgan fingerprint density at radius 1 is 1.07 bits per heavy atom. The molecule has 2 aromatic carbocycles. The van der Waals surface area contributed by atoms with Crippen molar-refractivity contribution < 1.29 is 4.79 Å². The lowest BCUT2D eigenvalue weighted by Gasteiger charge is -2.09. The van der Waals surface area contributed by atoms with Crippen LogP contribution in [0.3, 0.4) is 0 Å². The van der Waals surface area contributed by atoms with Crippen LogP contribution in [0.15, 0.2) is 67.0 Å². The molecule has 0 aliphatic rings. The average Bonchev–Trinajstić information content (AvgIpc) is 2.70. The Kier molecular flexibility index (Phi) is 6.03. The van der Waals surface area contributed by atoms with Crippen LogP contribution in [0, 0.1) is 11.3 Å². The van der Waals surface area contributed by atoms with Gasteiger partial charge in [0.1, 0.15) is 0 Å². The Bertz CT molecular complexity index is 980. The van der Waals surface area contributed by atoms with E-state index in [2.05, 4.69) is 21.7 Å². The highest BCUT2D eigenvalue weighted by Crippen LogP contribution is 2.18. The van der Waals surface area contributed by atoms with Gasteiger partial charge in [-0.15, -0.1) is 0 Å². The maximum Gasteiger partial charge on any atom is 0.252 e. The Labute approximate surface area is 162 Å². The van der Waals surface area contributed by atoms with Gasteiger partial charge in [-0.3, -0.25) is 9.78 Å². The summed E-state index contributed by atoms with van der Waals surface area (Å²) >= 11 is 5.87. The van der Waals surface area contributed by atoms with Gasteiger partial charge in [0, 0.05) is 23.5 Å². The predicted molar refractivity (Wildman–Crippen MR) is 106 cm³/mol. The Balaban J connectivity index is 1.59. The van der Waals surface area contributed by atoms with Gasteiger partial charge >= 0.3 is 0 Å². The molecule has 1 amide bonds. The molecule has 0 fully saturated rings. The average molecular weight is 377 g/mol. The first-order valence-corrected chi connectivity index (χ1v) is 8.77. The van der Waals surface area contributed by atoms with E-state index >= 15 is 0 Å². The Hall–Kier alpha value is -3.36. The van der Waals surface area contributed by atoms with Gasteiger partial charge in [-0.1, -0.05) is 29.8 Å². The molecule has 5 nitrogen and oxygen atoms in total. The van der Waals surface area contributed by atoms with Crippen molar-refractivity contribution in [2.24, 2.45) is 0 Å². The molecule has 1 heterocycles. The van der Waals surface area contributed by atoms with Crippen LogP contribution in [-0.4, -0.2) is 17.4 Å². The van der Waals surface area contributed by atoms with Gasteiger partial charge in [0.25, 0.3) is 5.91 Å². The third kappa shape index (κ3) is 5.30. The zero-order valence-electron chi connectivity index (χ0n) is 14.4. The Morgan fingerprint density at radius 3 is 2.67 bits per heavy atom. The molecule has 0 radical (unpaired) electrons. The quantitative estimate of drug-likeness (QED) is 0.671. The van der Waals surface area contributed by atoms with E-state index in [1.54, 1.807) is 30.5 Å². The number of hydrogen-bond donors (Lipinski definition) is 2. The first-order chi connectivity index (χ1) is 13.1. The van der Waals surface area contributed by atoms with Crippen LogP contribution in [0.2, 0.25) is 5.02 Å². The standard InChI is InChI=1S/C21H17ClN4O/c22-18-6-4-15(5-7-18)8-9-25-21(27)17-11-20(14-24-13-17)26-19-3-1-2-16(10-19)12-23/h1-7,10-11,13-14,26H,8-9H2,(H,25,27). The molecule has 0 atom stereocenters. The number of halogens is 1. The summed E-state index contributed by atoms with van der Waals surface area (Å²) in [5.41, 5.74) is 3.56. The summed E-state index contributed by atoms with van der Waals surface area (Å²) in [7, 11) is 0. The smallest absolute Gasteiger partial charge is 0.252 e. The van der Waals surface area contributed by atoms with Crippen molar-refractivity contribution in [2.75, 3.05) is 11.9 Å². The van der Waals surface area contributed by atoms with E-state index in [9.17, 15) is 4.79 Å². The molecule has 0 aliphatic carbocycles. The fourth-order valence-electron chi connectivity index (χ4n) is 2.54. The number of rotatable bonds is 6. The molecule has 0 bridgehead atoms. The topological polar surface area (TPSA) is 77.8 Å². The molecule has 1 aromatic heterocycles. The number of nitrogens with zero attached hydrogens (tertiary/aromatic N) is 2. The van der Waals surface area contributed by atoms with E-state index in [1.165, 1.54) is 6.20 Å². The lowest BCUT2D eigenvalue weighted by molar-refractivity contribution is 0.0954. The van der Waals surface area contributed by atoms with Crippen LogP contribution in [0.5, 0.6) is 0 Å². The van der Waals surface area contributed by atoms with Gasteiger partial charge in [-0.2, -0.15) is 5.26 Å². The van der Waals surface area contributed by atoms with Gasteiger partial charge in [0.15, 0.2) is 0 Å². The highest BCUT2D eigenvalue weighted by molar-refractivity contribution is 6.30. The van der Waals surface area contributed by atoms with E-state index in [0.717, 1.165) is 17.7 Å². The molecule has 0 saturated heterocycles. The molecular formula is C21H17ClN4O. The molecule has 0 unspecified atom stereocenters. The lowest BCUT2D eigenvalue weighted by atomic mass is 10.1. The van der Waals surface area contributed by atoms with E-state index < -0.39 is 0 Å². The maximum absolute atomic E-state index is 12.4. The van der Waals surface area contributed by atoms with Crippen LogP contribution in [-0.2, 0) is 6.42 Å². The monoisotopic (exact) mass is 376 g/mol. The minimum absolute atomic E-state index is 0.189. The third-order valence-corrected chi connectivity index (χ3v) is 4.15. The largest absolute Gasteiger partial charge is 0.354 e. The number of carbonyl (C=O) groups excluding carboxylic acids is 1. The molecule has 0 saturated carbocycles. The number of nitrogens with one attached hydrogen (secondary N) is 2. The normalized spacial score (nSPS) is 10.1. The SMILES string of the molecule is N#Cc1cccc(Nc2cncc(C(=O)NCCc3ccc(Cl)cc3)c2)c1. The summed E-state index contributed by atoms with van der Waals surface area (Å²) in [6, 6.07) is 18.5. The van der Waals surface area contributed by atoms with Crippen molar-refractivity contribution in [3.63, 3.8) is 0 Å². The van der Waals surface area contributed by atoms with Crippen molar-refractivity contribution in [1.82, 2.24) is 10.3 Å². The number of carbonyl (C=O) groups is 1. The van der Waals surface area contributed by atoms with Crippen molar-refractivity contribution in [3.05, 3.63) is 88.7 Å². The van der Waals surface area contributed by atoms with E-state index in [1.807, 2.05) is 30.3 Å². The molecule has 0 spiro atoms. The number of benzene rings is 2. The second-order valence-electron chi connectivity index (χ2n) is 5.91. The van der Waals surface area contributed by atoms with Crippen molar-refractivity contribution in [1.29, 1.82) is 5.26 Å². The molecule has 134 valence electrons. The molecule has 27 heavy (non-hydrogen) atoms. The predicted octanol–water partition coefficient (Wildman–Crippen LogP) is 4.32. The van der Waals surface area contributed by atoms with Crippen molar-refractivity contribution in [3.8, 4) is 6.07 Å². The minimum atomic E-state index is -0.189. The van der Waals surface area contributed by atoms with E-state index in [0.29, 0.717) is 28.4 Å². The second-order valence-corrected chi connectivity index (χ2v) is 6.35. The highest BCUT2D eigenvalue weighted by Gasteiger charge is 2.07. The number of amides is 1. The zero-order valence-corrected chi connectivity index (χ0v) is 15.2. The molecular weight excluding hydrogens is 360 g/mol. The molecule has 2 N–H and O–H groups in total. The molecule has 6 heteroatoms. The molecule has 3 rings (SSSR count). The third-order valence-electron chi connectivity index (χ3n) is 3.89. The lowest BCUT2D eigenvalue weighted by Crippen LogP contribution is -2.25. The highest BCUT2D eigenvalue weighted by atomic mass is 35.5. The summed E-state index contributed by atoms with van der Waals surface area (Å²) < 4.78 is 0. The summed E-state index contributed by atoms with van der Waals surface area (Å²) in [4.78, 5) is 16.5. The van der Waals surface area contributed by atoms with Crippen molar-refractivity contribution >= 4 is 28.9 Å². The number of hydrogen-bond acceptors (Lipinski definition) is 4. The van der Waals surface area contributed by atoms with Gasteiger partial charge in [0.2, 0.25) is 0 Å². The van der Waals surface area contributed by atoms with Crippen LogP contribution in [0.1, 0.15) is 21.5 Å². The van der Waals surface area contributed by atoms with Crippen LogP contribution >= 0.6 is 11.6 Å². The number of nitriles is 1.